The summed E-state index contributed by atoms with van der Waals surface area (Å²) in [6.07, 6.45) is 2.63. The molecule has 0 unspecified atom stereocenters. The fourth-order valence-electron chi connectivity index (χ4n) is 2.16. The molecule has 2 rings (SSSR count). The molecule has 94 valence electrons. The van der Waals surface area contributed by atoms with Gasteiger partial charge in [-0.15, -0.1) is 0 Å². The van der Waals surface area contributed by atoms with Crippen molar-refractivity contribution in [1.29, 1.82) is 0 Å². The minimum absolute atomic E-state index is 0.160. The number of nitrogens with one attached hydrogen (secondary N) is 1. The normalized spacial score (nSPS) is 17.4. The lowest BCUT2D eigenvalue weighted by molar-refractivity contribution is 0.251. The molecule has 0 amide bonds. The molecule has 1 aromatic carbocycles. The molecule has 3 heteroatoms. The standard InChI is InChI=1S/C14H22N2O/c1-12(11-17)15-10-13-4-6-14(7-5-13)16-8-2-3-9-16/h4-7,12,15,17H,2-3,8-11H2,1H3/t12-/m1/s1. The lowest BCUT2D eigenvalue weighted by atomic mass is 10.2. The van der Waals surface area contributed by atoms with Crippen LogP contribution in [0.3, 0.4) is 0 Å². The first-order chi connectivity index (χ1) is 8.29. The fourth-order valence-corrected chi connectivity index (χ4v) is 2.16. The maximum Gasteiger partial charge on any atom is 0.0582 e. The molecule has 1 heterocycles. The van der Waals surface area contributed by atoms with Gasteiger partial charge in [0.1, 0.15) is 0 Å². The van der Waals surface area contributed by atoms with Crippen molar-refractivity contribution in [3.05, 3.63) is 29.8 Å². The third-order valence-corrected chi connectivity index (χ3v) is 3.34. The Hall–Kier alpha value is -1.06. The van der Waals surface area contributed by atoms with Gasteiger partial charge < -0.3 is 15.3 Å². The number of anilines is 1. The number of hydrogen-bond acceptors (Lipinski definition) is 3. The second-order valence-electron chi connectivity index (χ2n) is 4.83. The second-order valence-corrected chi connectivity index (χ2v) is 4.83. The molecule has 0 saturated carbocycles. The first-order valence-electron chi connectivity index (χ1n) is 6.48. The molecule has 1 aliphatic heterocycles. The topological polar surface area (TPSA) is 35.5 Å². The van der Waals surface area contributed by atoms with Crippen LogP contribution in [-0.2, 0) is 6.54 Å². The van der Waals surface area contributed by atoms with Crippen molar-refractivity contribution in [2.75, 3.05) is 24.6 Å². The van der Waals surface area contributed by atoms with E-state index < -0.39 is 0 Å². The summed E-state index contributed by atoms with van der Waals surface area (Å²) in [5.74, 6) is 0. The van der Waals surface area contributed by atoms with E-state index >= 15 is 0 Å². The predicted molar refractivity (Wildman–Crippen MR) is 71.3 cm³/mol. The molecule has 1 fully saturated rings. The number of hydrogen-bond donors (Lipinski definition) is 2. The van der Waals surface area contributed by atoms with Crippen molar-refractivity contribution in [2.24, 2.45) is 0 Å². The molecular formula is C14H22N2O. The SMILES string of the molecule is C[C@H](CO)NCc1ccc(N2CCCC2)cc1. The minimum atomic E-state index is 0.160. The zero-order chi connectivity index (χ0) is 12.1. The van der Waals surface area contributed by atoms with Crippen molar-refractivity contribution < 1.29 is 5.11 Å². The molecule has 2 N–H and O–H groups in total. The van der Waals surface area contributed by atoms with E-state index in [4.69, 9.17) is 5.11 Å². The summed E-state index contributed by atoms with van der Waals surface area (Å²) in [5.41, 5.74) is 2.61. The zero-order valence-corrected chi connectivity index (χ0v) is 10.5. The van der Waals surface area contributed by atoms with E-state index in [9.17, 15) is 0 Å². The van der Waals surface area contributed by atoms with E-state index in [1.165, 1.54) is 37.2 Å². The van der Waals surface area contributed by atoms with Crippen molar-refractivity contribution >= 4 is 5.69 Å². The average Bonchev–Trinajstić information content (AvgIpc) is 2.90. The van der Waals surface area contributed by atoms with Crippen LogP contribution in [-0.4, -0.2) is 30.8 Å². The van der Waals surface area contributed by atoms with Gasteiger partial charge in [-0.1, -0.05) is 12.1 Å². The smallest absolute Gasteiger partial charge is 0.0582 e. The highest BCUT2D eigenvalue weighted by Crippen LogP contribution is 2.20. The van der Waals surface area contributed by atoms with Gasteiger partial charge in [-0.2, -0.15) is 0 Å². The highest BCUT2D eigenvalue weighted by molar-refractivity contribution is 5.48. The number of aliphatic hydroxyl groups is 1. The lowest BCUT2D eigenvalue weighted by Crippen LogP contribution is -2.28. The number of benzene rings is 1. The van der Waals surface area contributed by atoms with E-state index in [2.05, 4.69) is 34.5 Å². The van der Waals surface area contributed by atoms with Crippen LogP contribution in [0.1, 0.15) is 25.3 Å². The molecule has 1 atom stereocenters. The van der Waals surface area contributed by atoms with Crippen molar-refractivity contribution in [1.82, 2.24) is 5.32 Å². The van der Waals surface area contributed by atoms with Crippen molar-refractivity contribution in [3.63, 3.8) is 0 Å². The summed E-state index contributed by atoms with van der Waals surface area (Å²) in [4.78, 5) is 2.44. The molecule has 1 aliphatic rings. The van der Waals surface area contributed by atoms with Crippen LogP contribution in [0.2, 0.25) is 0 Å². The molecule has 0 aromatic heterocycles. The van der Waals surface area contributed by atoms with E-state index in [0.717, 1.165) is 6.54 Å². The van der Waals surface area contributed by atoms with Crippen LogP contribution in [0.25, 0.3) is 0 Å². The summed E-state index contributed by atoms with van der Waals surface area (Å²) in [5, 5.41) is 12.2. The van der Waals surface area contributed by atoms with Gasteiger partial charge in [0.25, 0.3) is 0 Å². The first kappa shape index (κ1) is 12.4. The van der Waals surface area contributed by atoms with Gasteiger partial charge >= 0.3 is 0 Å². The van der Waals surface area contributed by atoms with Crippen LogP contribution in [0, 0.1) is 0 Å². The van der Waals surface area contributed by atoms with Gasteiger partial charge in [0.2, 0.25) is 0 Å². The first-order valence-corrected chi connectivity index (χ1v) is 6.48. The predicted octanol–water partition coefficient (Wildman–Crippen LogP) is 1.76. The Kier molecular flexibility index (Phi) is 4.40. The molecule has 0 bridgehead atoms. The van der Waals surface area contributed by atoms with Crippen LogP contribution in [0.15, 0.2) is 24.3 Å². The largest absolute Gasteiger partial charge is 0.395 e. The number of nitrogens with zero attached hydrogens (tertiary/aromatic N) is 1. The molecule has 0 aliphatic carbocycles. The third kappa shape index (κ3) is 3.45. The summed E-state index contributed by atoms with van der Waals surface area (Å²) in [7, 11) is 0. The van der Waals surface area contributed by atoms with Gasteiger partial charge in [0.15, 0.2) is 0 Å². The third-order valence-electron chi connectivity index (χ3n) is 3.34. The van der Waals surface area contributed by atoms with Gasteiger partial charge in [0.05, 0.1) is 6.61 Å². The molecule has 0 spiro atoms. The summed E-state index contributed by atoms with van der Waals surface area (Å²) in [6.45, 7) is 5.38. The molecule has 1 saturated heterocycles. The Bertz CT molecular complexity index is 331. The summed E-state index contributed by atoms with van der Waals surface area (Å²) >= 11 is 0. The van der Waals surface area contributed by atoms with Crippen LogP contribution in [0.4, 0.5) is 5.69 Å². The van der Waals surface area contributed by atoms with Gasteiger partial charge in [-0.25, -0.2) is 0 Å². The van der Waals surface area contributed by atoms with Gasteiger partial charge in [0, 0.05) is 31.4 Å². The Labute approximate surface area is 103 Å². The highest BCUT2D eigenvalue weighted by atomic mass is 16.3. The fraction of sp³-hybridized carbons (Fsp3) is 0.571. The molecule has 1 aromatic rings. The molecule has 3 nitrogen and oxygen atoms in total. The van der Waals surface area contributed by atoms with Crippen LogP contribution in [0.5, 0.6) is 0 Å². The number of rotatable bonds is 5. The van der Waals surface area contributed by atoms with E-state index in [-0.39, 0.29) is 12.6 Å². The number of aliphatic hydroxyl groups excluding tert-OH is 1. The Balaban J connectivity index is 1.88. The highest BCUT2D eigenvalue weighted by Gasteiger charge is 2.11. The van der Waals surface area contributed by atoms with Crippen molar-refractivity contribution in [2.45, 2.75) is 32.4 Å². The van der Waals surface area contributed by atoms with E-state index in [1.54, 1.807) is 0 Å². The van der Waals surface area contributed by atoms with Crippen LogP contribution >= 0.6 is 0 Å². The summed E-state index contributed by atoms with van der Waals surface area (Å²) < 4.78 is 0. The Morgan fingerprint density at radius 2 is 1.88 bits per heavy atom. The van der Waals surface area contributed by atoms with Gasteiger partial charge in [-0.05, 0) is 37.5 Å². The Morgan fingerprint density at radius 3 is 2.47 bits per heavy atom. The molecule has 0 radical (unpaired) electrons. The van der Waals surface area contributed by atoms with E-state index in [1.807, 2.05) is 6.92 Å². The van der Waals surface area contributed by atoms with E-state index in [0.29, 0.717) is 0 Å². The Morgan fingerprint density at radius 1 is 1.24 bits per heavy atom. The van der Waals surface area contributed by atoms with Crippen molar-refractivity contribution in [3.8, 4) is 0 Å². The second kappa shape index (κ2) is 6.03. The minimum Gasteiger partial charge on any atom is -0.395 e. The zero-order valence-electron chi connectivity index (χ0n) is 10.5. The molecular weight excluding hydrogens is 212 g/mol. The maximum absolute atomic E-state index is 8.93. The monoisotopic (exact) mass is 234 g/mol. The quantitative estimate of drug-likeness (QED) is 0.815. The lowest BCUT2D eigenvalue weighted by Gasteiger charge is -2.18. The van der Waals surface area contributed by atoms with Crippen LogP contribution < -0.4 is 10.2 Å². The molecule has 17 heavy (non-hydrogen) atoms. The van der Waals surface area contributed by atoms with Gasteiger partial charge in [-0.3, -0.25) is 0 Å². The summed E-state index contributed by atoms with van der Waals surface area (Å²) in [6, 6.07) is 8.90. The maximum atomic E-state index is 8.93. The average molecular weight is 234 g/mol.